The van der Waals surface area contributed by atoms with Gasteiger partial charge in [-0.05, 0) is 34.1 Å². The van der Waals surface area contributed by atoms with Crippen molar-refractivity contribution in [3.63, 3.8) is 0 Å². The Balaban J connectivity index is 2.41. The molecule has 2 aromatic carbocycles. The predicted molar refractivity (Wildman–Crippen MR) is 80.1 cm³/mol. The molecule has 110 valence electrons. The Bertz CT molecular complexity index is 707. The fourth-order valence-electron chi connectivity index (χ4n) is 1.65. The fourth-order valence-corrected chi connectivity index (χ4v) is 2.01. The number of rotatable bonds is 4. The van der Waals surface area contributed by atoms with Gasteiger partial charge >= 0.3 is 0 Å². The summed E-state index contributed by atoms with van der Waals surface area (Å²) in [5.41, 5.74) is 11.4. The largest absolute Gasteiger partial charge is 0.497 e. The molecule has 0 fully saturated rings. The number of anilines is 1. The van der Waals surface area contributed by atoms with E-state index in [2.05, 4.69) is 15.9 Å². The first kappa shape index (κ1) is 15.1. The second-order valence-electron chi connectivity index (χ2n) is 4.17. The van der Waals surface area contributed by atoms with Crippen LogP contribution in [0.4, 0.5) is 10.1 Å². The van der Waals surface area contributed by atoms with E-state index in [4.69, 9.17) is 20.9 Å². The molecule has 0 bridgehead atoms. The Kier molecular flexibility index (Phi) is 4.32. The average Bonchev–Trinajstić information content (AvgIpc) is 2.44. The summed E-state index contributed by atoms with van der Waals surface area (Å²) in [7, 11) is 1.44. The van der Waals surface area contributed by atoms with Gasteiger partial charge in [0.25, 0.3) is 0 Å². The molecule has 2 aromatic rings. The van der Waals surface area contributed by atoms with Gasteiger partial charge in [-0.3, -0.25) is 4.79 Å². The first-order valence-electron chi connectivity index (χ1n) is 5.82. The molecule has 4 N–H and O–H groups in total. The predicted octanol–water partition coefficient (Wildman–Crippen LogP) is 3.07. The molecule has 0 atom stereocenters. The van der Waals surface area contributed by atoms with Gasteiger partial charge in [-0.15, -0.1) is 0 Å². The second-order valence-corrected chi connectivity index (χ2v) is 5.02. The Morgan fingerprint density at radius 1 is 1.19 bits per heavy atom. The van der Waals surface area contributed by atoms with Crippen LogP contribution in [0.1, 0.15) is 10.4 Å². The maximum Gasteiger partial charge on any atom is 0.248 e. The molecular formula is C14H12BrFN2O3. The van der Waals surface area contributed by atoms with Gasteiger partial charge in [0.2, 0.25) is 5.91 Å². The van der Waals surface area contributed by atoms with Crippen molar-refractivity contribution in [1.29, 1.82) is 0 Å². The molecule has 0 aliphatic carbocycles. The van der Waals surface area contributed by atoms with Gasteiger partial charge in [0.1, 0.15) is 17.3 Å². The quantitative estimate of drug-likeness (QED) is 0.825. The first-order valence-corrected chi connectivity index (χ1v) is 6.61. The van der Waals surface area contributed by atoms with E-state index < -0.39 is 11.7 Å². The van der Waals surface area contributed by atoms with Crippen molar-refractivity contribution < 1.29 is 18.7 Å². The van der Waals surface area contributed by atoms with Crippen LogP contribution in [0.2, 0.25) is 0 Å². The molecular weight excluding hydrogens is 343 g/mol. The normalized spacial score (nSPS) is 10.2. The van der Waals surface area contributed by atoms with Crippen LogP contribution in [0, 0.1) is 5.82 Å². The lowest BCUT2D eigenvalue weighted by molar-refractivity contribution is 0.0999. The van der Waals surface area contributed by atoms with E-state index in [0.29, 0.717) is 5.75 Å². The third-order valence-electron chi connectivity index (χ3n) is 2.68. The number of carbonyl (C=O) groups is 1. The molecule has 5 nitrogen and oxygen atoms in total. The van der Waals surface area contributed by atoms with Crippen molar-refractivity contribution in [2.75, 3.05) is 12.8 Å². The number of amides is 1. The van der Waals surface area contributed by atoms with Crippen LogP contribution in [-0.2, 0) is 0 Å². The van der Waals surface area contributed by atoms with E-state index in [1.165, 1.54) is 31.4 Å². The summed E-state index contributed by atoms with van der Waals surface area (Å²) in [4.78, 5) is 11.3. The lowest BCUT2D eigenvalue weighted by Gasteiger charge is -2.11. The summed E-state index contributed by atoms with van der Waals surface area (Å²) in [6.07, 6.45) is 0. The van der Waals surface area contributed by atoms with Crippen molar-refractivity contribution in [3.05, 3.63) is 46.2 Å². The van der Waals surface area contributed by atoms with Crippen LogP contribution >= 0.6 is 15.9 Å². The molecule has 0 aliphatic rings. The Morgan fingerprint density at radius 3 is 2.48 bits per heavy atom. The summed E-state index contributed by atoms with van der Waals surface area (Å²) >= 11 is 3.03. The molecule has 0 saturated carbocycles. The third kappa shape index (κ3) is 3.43. The third-order valence-corrected chi connectivity index (χ3v) is 3.29. The number of hydrogen-bond acceptors (Lipinski definition) is 4. The number of nitrogens with two attached hydrogens (primary N) is 2. The number of halogens is 2. The highest BCUT2D eigenvalue weighted by molar-refractivity contribution is 9.10. The van der Waals surface area contributed by atoms with Crippen LogP contribution in [0.25, 0.3) is 0 Å². The molecule has 7 heteroatoms. The average molecular weight is 355 g/mol. The molecule has 0 aliphatic heterocycles. The lowest BCUT2D eigenvalue weighted by atomic mass is 10.2. The molecule has 0 saturated heterocycles. The zero-order chi connectivity index (χ0) is 15.6. The van der Waals surface area contributed by atoms with Crippen LogP contribution in [0.5, 0.6) is 17.2 Å². The van der Waals surface area contributed by atoms with Crippen LogP contribution < -0.4 is 20.9 Å². The van der Waals surface area contributed by atoms with Gasteiger partial charge in [-0.1, -0.05) is 0 Å². The molecule has 2 rings (SSSR count). The van der Waals surface area contributed by atoms with Gasteiger partial charge in [-0.25, -0.2) is 4.39 Å². The van der Waals surface area contributed by atoms with Gasteiger partial charge in [0.05, 0.1) is 17.3 Å². The first-order chi connectivity index (χ1) is 9.90. The fraction of sp³-hybridized carbons (Fsp3) is 0.0714. The molecule has 0 heterocycles. The molecule has 0 spiro atoms. The van der Waals surface area contributed by atoms with E-state index in [0.717, 1.165) is 6.07 Å². The van der Waals surface area contributed by atoms with E-state index in [1.807, 2.05) is 0 Å². The monoisotopic (exact) mass is 354 g/mol. The lowest BCUT2D eigenvalue weighted by Crippen LogP contribution is -2.11. The minimum atomic E-state index is -0.631. The Morgan fingerprint density at radius 2 is 1.86 bits per heavy atom. The highest BCUT2D eigenvalue weighted by Crippen LogP contribution is 2.33. The number of hydrogen-bond donors (Lipinski definition) is 2. The minimum absolute atomic E-state index is 0.124. The zero-order valence-corrected chi connectivity index (χ0v) is 12.6. The number of nitrogen functional groups attached to an aromatic ring is 1. The van der Waals surface area contributed by atoms with E-state index >= 15 is 0 Å². The molecule has 21 heavy (non-hydrogen) atoms. The van der Waals surface area contributed by atoms with Crippen LogP contribution in [0.3, 0.4) is 0 Å². The summed E-state index contributed by atoms with van der Waals surface area (Å²) in [5.74, 6) is -0.376. The van der Waals surface area contributed by atoms with Gasteiger partial charge in [0.15, 0.2) is 5.75 Å². The highest BCUT2D eigenvalue weighted by Gasteiger charge is 2.11. The number of carbonyl (C=O) groups excluding carboxylic acids is 1. The zero-order valence-electron chi connectivity index (χ0n) is 11.0. The number of methoxy groups -OCH3 is 1. The van der Waals surface area contributed by atoms with Crippen LogP contribution in [-0.4, -0.2) is 13.0 Å². The Labute approximate surface area is 128 Å². The number of benzene rings is 2. The van der Waals surface area contributed by atoms with E-state index in [-0.39, 0.29) is 27.2 Å². The molecule has 0 aromatic heterocycles. The smallest absolute Gasteiger partial charge is 0.248 e. The van der Waals surface area contributed by atoms with E-state index in [1.54, 1.807) is 0 Å². The maximum absolute atomic E-state index is 13.5. The van der Waals surface area contributed by atoms with Gasteiger partial charge in [0, 0.05) is 17.7 Å². The number of primary amides is 1. The van der Waals surface area contributed by atoms with E-state index in [9.17, 15) is 9.18 Å². The van der Waals surface area contributed by atoms with Crippen molar-refractivity contribution in [2.45, 2.75) is 0 Å². The molecule has 1 amide bonds. The van der Waals surface area contributed by atoms with Crippen molar-refractivity contribution in [2.24, 2.45) is 5.73 Å². The Hall–Kier alpha value is -2.28. The van der Waals surface area contributed by atoms with Crippen molar-refractivity contribution in [3.8, 4) is 17.2 Å². The van der Waals surface area contributed by atoms with Crippen molar-refractivity contribution in [1.82, 2.24) is 0 Å². The van der Waals surface area contributed by atoms with Gasteiger partial charge in [-0.2, -0.15) is 0 Å². The molecule has 0 radical (unpaired) electrons. The SMILES string of the molecule is COc1cc(Oc2cc(F)c(Br)cc2N)cc(C(N)=O)c1. The second kappa shape index (κ2) is 6.01. The summed E-state index contributed by atoms with van der Waals surface area (Å²) in [5, 5.41) is 0. The number of ether oxygens (including phenoxy) is 2. The summed E-state index contributed by atoms with van der Waals surface area (Å²) in [6, 6.07) is 6.96. The van der Waals surface area contributed by atoms with Crippen LogP contribution in [0.15, 0.2) is 34.8 Å². The minimum Gasteiger partial charge on any atom is -0.497 e. The topological polar surface area (TPSA) is 87.6 Å². The molecule has 0 unspecified atom stereocenters. The highest BCUT2D eigenvalue weighted by atomic mass is 79.9. The summed E-state index contributed by atoms with van der Waals surface area (Å²) in [6.45, 7) is 0. The maximum atomic E-state index is 13.5. The van der Waals surface area contributed by atoms with Crippen molar-refractivity contribution >= 4 is 27.5 Å². The standard InChI is InChI=1S/C14H12BrFN2O3/c1-20-8-2-7(14(18)19)3-9(4-8)21-13-6-11(16)10(15)5-12(13)17/h2-6H,17H2,1H3,(H2,18,19). The van der Waals surface area contributed by atoms with Gasteiger partial charge < -0.3 is 20.9 Å². The summed E-state index contributed by atoms with van der Waals surface area (Å²) < 4.78 is 24.3.